The Balaban J connectivity index is 1.29. The highest BCUT2D eigenvalue weighted by Crippen LogP contribution is 2.57. The number of carbonyl (C=O) groups excluding carboxylic acids is 6. The largest absolute Gasteiger partial charge is 0.459 e. The molecule has 3 amide bonds. The number of hydrogen-bond acceptors (Lipinski definition) is 10. The zero-order valence-electron chi connectivity index (χ0n) is 44.8. The molecule has 0 unspecified atom stereocenters. The van der Waals surface area contributed by atoms with E-state index in [9.17, 15) is 28.8 Å². The Morgan fingerprint density at radius 3 is 1.88 bits per heavy atom. The highest BCUT2D eigenvalue weighted by Gasteiger charge is 2.54. The van der Waals surface area contributed by atoms with Crippen molar-refractivity contribution < 1.29 is 47.7 Å². The van der Waals surface area contributed by atoms with E-state index in [4.69, 9.17) is 18.9 Å². The molecule has 0 N–H and O–H groups in total. The number of rotatable bonds is 24. The van der Waals surface area contributed by atoms with E-state index in [-0.39, 0.29) is 72.4 Å². The molecule has 5 fully saturated rings. The topological polar surface area (TPSA) is 149 Å². The minimum absolute atomic E-state index is 0.00488. The molecule has 13 nitrogen and oxygen atoms in total. The number of amides is 3. The van der Waals surface area contributed by atoms with Crippen LogP contribution in [-0.4, -0.2) is 127 Å². The van der Waals surface area contributed by atoms with Gasteiger partial charge in [0.1, 0.15) is 17.0 Å². The summed E-state index contributed by atoms with van der Waals surface area (Å²) in [6.07, 6.45) is 7.05. The van der Waals surface area contributed by atoms with Crippen molar-refractivity contribution in [3.05, 3.63) is 35.9 Å². The fourth-order valence-electron chi connectivity index (χ4n) is 13.0. The quantitative estimate of drug-likeness (QED) is 0.0918. The minimum atomic E-state index is -0.792. The summed E-state index contributed by atoms with van der Waals surface area (Å²) < 4.78 is 24.4. The van der Waals surface area contributed by atoms with Crippen LogP contribution in [0.1, 0.15) is 152 Å². The summed E-state index contributed by atoms with van der Waals surface area (Å²) in [7, 11) is 6.45. The molecule has 4 bridgehead atoms. The Labute approximate surface area is 414 Å². The number of ketones is 2. The summed E-state index contributed by atoms with van der Waals surface area (Å²) >= 11 is 0. The fraction of sp³-hybridized carbons (Fsp3) is 0.786. The molecule has 0 radical (unpaired) electrons. The molecular formula is C56H89N3O10. The molecule has 1 aliphatic heterocycles. The summed E-state index contributed by atoms with van der Waals surface area (Å²) in [6.45, 7) is 19.4. The zero-order chi connectivity index (χ0) is 51.1. The van der Waals surface area contributed by atoms with Gasteiger partial charge in [0.25, 0.3) is 0 Å². The lowest BCUT2D eigenvalue weighted by atomic mass is 9.54. The maximum absolute atomic E-state index is 14.7. The van der Waals surface area contributed by atoms with E-state index in [1.807, 2.05) is 83.7 Å². The van der Waals surface area contributed by atoms with E-state index >= 15 is 0 Å². The summed E-state index contributed by atoms with van der Waals surface area (Å²) in [5.74, 6) is -1.56. The van der Waals surface area contributed by atoms with Gasteiger partial charge >= 0.3 is 12.1 Å². The van der Waals surface area contributed by atoms with Crippen LogP contribution < -0.4 is 0 Å². The van der Waals surface area contributed by atoms with E-state index < -0.39 is 59.3 Å². The van der Waals surface area contributed by atoms with Crippen molar-refractivity contribution in [1.29, 1.82) is 0 Å². The molecule has 388 valence electrons. The number of likely N-dealkylation sites (N-methyl/N-ethyl adjacent to an activating group) is 2. The van der Waals surface area contributed by atoms with Crippen molar-refractivity contribution in [2.75, 3.05) is 34.9 Å². The van der Waals surface area contributed by atoms with Gasteiger partial charge in [0.2, 0.25) is 11.8 Å². The molecule has 1 aromatic rings. The number of nitrogens with zero attached hydrogens (tertiary/aromatic N) is 3. The second kappa shape index (κ2) is 24.1. The Kier molecular flexibility index (Phi) is 19.5. The van der Waals surface area contributed by atoms with E-state index in [2.05, 4.69) is 0 Å². The third-order valence-corrected chi connectivity index (χ3v) is 16.4. The lowest BCUT2D eigenvalue weighted by molar-refractivity contribution is -0.191. The lowest BCUT2D eigenvalue weighted by Crippen LogP contribution is -2.54. The van der Waals surface area contributed by atoms with Crippen molar-refractivity contribution in [3.8, 4) is 0 Å². The smallest absolute Gasteiger partial charge is 0.410 e. The normalized spacial score (nSPS) is 25.6. The second-order valence-electron chi connectivity index (χ2n) is 23.5. The van der Waals surface area contributed by atoms with E-state index in [1.165, 1.54) is 24.2 Å². The second-order valence-corrected chi connectivity index (χ2v) is 23.5. The van der Waals surface area contributed by atoms with E-state index in [1.54, 1.807) is 54.0 Å². The predicted molar refractivity (Wildman–Crippen MR) is 267 cm³/mol. The highest BCUT2D eigenvalue weighted by atomic mass is 16.6. The molecule has 1 saturated heterocycles. The van der Waals surface area contributed by atoms with Gasteiger partial charge < -0.3 is 33.6 Å². The first-order valence-corrected chi connectivity index (χ1v) is 26.3. The van der Waals surface area contributed by atoms with Crippen LogP contribution in [0.25, 0.3) is 0 Å². The van der Waals surface area contributed by atoms with Crippen LogP contribution in [0.2, 0.25) is 0 Å². The number of Topliss-reactive ketones (excluding diaryl/α,β-unsaturated/α-hetero) is 2. The number of carbonyl (C=O) groups is 6. The molecule has 1 aromatic carbocycles. The van der Waals surface area contributed by atoms with E-state index in [0.29, 0.717) is 43.6 Å². The molecule has 0 aromatic heterocycles. The van der Waals surface area contributed by atoms with Gasteiger partial charge in [-0.3, -0.25) is 24.0 Å². The maximum Gasteiger partial charge on any atom is 0.410 e. The number of ether oxygens (including phenoxy) is 4. The van der Waals surface area contributed by atoms with Gasteiger partial charge in [0.05, 0.1) is 42.7 Å². The Bertz CT molecular complexity index is 1880. The molecule has 69 heavy (non-hydrogen) atoms. The van der Waals surface area contributed by atoms with Crippen LogP contribution in [0.15, 0.2) is 30.3 Å². The van der Waals surface area contributed by atoms with Crippen LogP contribution in [0, 0.1) is 53.3 Å². The first-order chi connectivity index (χ1) is 32.4. The average molecular weight is 964 g/mol. The molecule has 1 heterocycles. The average Bonchev–Trinajstić information content (AvgIpc) is 3.76. The van der Waals surface area contributed by atoms with Crippen molar-refractivity contribution in [2.45, 2.75) is 194 Å². The van der Waals surface area contributed by atoms with Gasteiger partial charge in [0, 0.05) is 59.5 Å². The van der Waals surface area contributed by atoms with Crippen LogP contribution >= 0.6 is 0 Å². The number of esters is 1. The fourth-order valence-corrected chi connectivity index (χ4v) is 13.0. The van der Waals surface area contributed by atoms with Gasteiger partial charge in [-0.15, -0.1) is 0 Å². The standard InChI is InChI=1S/C56H89N3O10/c1-15-36(6)50(57(11)52(63)43(34(2)3)29-46(61)49(35(4)5)58(12)54(65)69-55(8,9)10)47(66-13)30-48(62)59-23-19-22-44(59)51(67-14)37(7)45(60)28-42(27-38-20-17-16-18-21-38)53(64)68-56-31-39-24-40(32-56)26-41(25-39)33-56/h16-18,20-21,34-37,39-44,47,49-51H,15,19,22-33H2,1-14H3/t36-,37-,39?,40?,41?,42+,43-,44-,47+,49-,50-,51+,56?/m0/s1. The minimum Gasteiger partial charge on any atom is -0.459 e. The van der Waals surface area contributed by atoms with Gasteiger partial charge in [-0.05, 0) is 120 Å². The summed E-state index contributed by atoms with van der Waals surface area (Å²) in [5.41, 5.74) is -0.177. The summed E-state index contributed by atoms with van der Waals surface area (Å²) in [5, 5.41) is 0. The first-order valence-electron chi connectivity index (χ1n) is 26.3. The van der Waals surface area contributed by atoms with Crippen LogP contribution in [0.5, 0.6) is 0 Å². The third-order valence-electron chi connectivity index (χ3n) is 16.4. The lowest BCUT2D eigenvalue weighted by Gasteiger charge is -2.55. The molecule has 0 spiro atoms. The maximum atomic E-state index is 14.7. The van der Waals surface area contributed by atoms with Crippen molar-refractivity contribution in [1.82, 2.24) is 14.7 Å². The monoisotopic (exact) mass is 964 g/mol. The van der Waals surface area contributed by atoms with Crippen molar-refractivity contribution in [2.24, 2.45) is 53.3 Å². The molecule has 13 heteroatoms. The van der Waals surface area contributed by atoms with Crippen molar-refractivity contribution >= 4 is 35.4 Å². The van der Waals surface area contributed by atoms with Crippen LogP contribution in [-0.2, 0) is 49.3 Å². The number of hydrogen-bond donors (Lipinski definition) is 0. The van der Waals surface area contributed by atoms with Crippen LogP contribution in [0.3, 0.4) is 0 Å². The summed E-state index contributed by atoms with van der Waals surface area (Å²) in [6, 6.07) is 8.16. The first kappa shape index (κ1) is 56.1. The molecular weight excluding hydrogens is 875 g/mol. The van der Waals surface area contributed by atoms with Crippen LogP contribution in [0.4, 0.5) is 4.79 Å². The predicted octanol–water partition coefficient (Wildman–Crippen LogP) is 9.36. The van der Waals surface area contributed by atoms with Gasteiger partial charge in [0.15, 0.2) is 5.78 Å². The highest BCUT2D eigenvalue weighted by molar-refractivity contribution is 5.92. The number of methoxy groups -OCH3 is 2. The summed E-state index contributed by atoms with van der Waals surface area (Å²) in [4.78, 5) is 90.1. The zero-order valence-corrected chi connectivity index (χ0v) is 44.8. The Hall–Kier alpha value is -3.84. The molecule has 9 atom stereocenters. The molecule has 4 saturated carbocycles. The Morgan fingerprint density at radius 2 is 1.38 bits per heavy atom. The Morgan fingerprint density at radius 1 is 0.783 bits per heavy atom. The number of likely N-dealkylation sites (tertiary alicyclic amines) is 1. The molecule has 5 aliphatic rings. The SMILES string of the molecule is CC[C@H](C)[C@@H]([C@@H](CC(=O)N1CCC[C@H]1[C@H](OC)[C@@H](C)C(=O)C[C@@H](Cc1ccccc1)C(=O)OC12CC3CC(CC(C3)C1)C2)OC)N(C)C(=O)[C@@H](CC(=O)[C@H](C(C)C)N(C)C(=O)OC(C)(C)C)C(C)C. The molecule has 6 rings (SSSR count). The van der Waals surface area contributed by atoms with Gasteiger partial charge in [-0.2, -0.15) is 0 Å². The van der Waals surface area contributed by atoms with Gasteiger partial charge in [-0.1, -0.05) is 85.2 Å². The number of benzene rings is 1. The van der Waals surface area contributed by atoms with Crippen molar-refractivity contribution in [3.63, 3.8) is 0 Å². The van der Waals surface area contributed by atoms with E-state index in [0.717, 1.165) is 31.2 Å². The third kappa shape index (κ3) is 14.0. The van der Waals surface area contributed by atoms with Gasteiger partial charge in [-0.25, -0.2) is 4.79 Å². The molecule has 4 aliphatic carbocycles.